The molecule has 0 aliphatic carbocycles. The quantitative estimate of drug-likeness (QED) is 0.601. The number of nitrogens with zero attached hydrogens (tertiary/aromatic N) is 2. The normalized spacial score (nSPS) is 28.1. The summed E-state index contributed by atoms with van der Waals surface area (Å²) in [4.78, 5) is 2.51. The molecule has 5 rings (SSSR count). The Balaban J connectivity index is 1.34. The molecule has 9 nitrogen and oxygen atoms in total. The first-order valence-corrected chi connectivity index (χ1v) is 14.8. The van der Waals surface area contributed by atoms with E-state index in [4.69, 9.17) is 9.47 Å². The Bertz CT molecular complexity index is 1090. The number of sulfonamides is 2. The second kappa shape index (κ2) is 8.43. The highest BCUT2D eigenvalue weighted by Crippen LogP contribution is 2.46. The van der Waals surface area contributed by atoms with Gasteiger partial charge in [-0.15, -0.1) is 0 Å². The third-order valence-electron chi connectivity index (χ3n) is 7.20. The number of nitrogens with one attached hydrogen (secondary N) is 1. The largest absolute Gasteiger partial charge is 0.454 e. The van der Waals surface area contributed by atoms with E-state index in [1.807, 2.05) is 0 Å². The molecule has 32 heavy (non-hydrogen) atoms. The van der Waals surface area contributed by atoms with Crippen LogP contribution in [0.15, 0.2) is 12.1 Å². The highest BCUT2D eigenvalue weighted by molar-refractivity contribution is 7.89. The number of ether oxygens (including phenoxy) is 2. The van der Waals surface area contributed by atoms with Crippen LogP contribution in [0.3, 0.4) is 0 Å². The van der Waals surface area contributed by atoms with Gasteiger partial charge < -0.3 is 9.47 Å². The molecule has 0 saturated carbocycles. The first-order chi connectivity index (χ1) is 15.2. The lowest BCUT2D eigenvalue weighted by molar-refractivity contribution is 0.0219. The predicted octanol–water partition coefficient (Wildman–Crippen LogP) is 1.07. The number of rotatable bonds is 6. The van der Waals surface area contributed by atoms with E-state index in [2.05, 4.69) is 21.8 Å². The van der Waals surface area contributed by atoms with Gasteiger partial charge in [-0.1, -0.05) is 0 Å². The van der Waals surface area contributed by atoms with Crippen molar-refractivity contribution < 1.29 is 26.3 Å². The molecule has 11 heteroatoms. The van der Waals surface area contributed by atoms with Crippen LogP contribution in [0, 0.1) is 5.92 Å². The predicted molar refractivity (Wildman–Crippen MR) is 120 cm³/mol. The van der Waals surface area contributed by atoms with Gasteiger partial charge in [0, 0.05) is 38.3 Å². The summed E-state index contributed by atoms with van der Waals surface area (Å²) < 4.78 is 64.2. The van der Waals surface area contributed by atoms with Gasteiger partial charge in [0.2, 0.25) is 26.8 Å². The third-order valence-corrected chi connectivity index (χ3v) is 9.91. The van der Waals surface area contributed by atoms with Crippen LogP contribution >= 0.6 is 0 Å². The monoisotopic (exact) mass is 485 g/mol. The van der Waals surface area contributed by atoms with Gasteiger partial charge in [0.15, 0.2) is 11.5 Å². The smallest absolute Gasteiger partial charge is 0.231 e. The topological polar surface area (TPSA) is 105 Å². The van der Waals surface area contributed by atoms with Crippen molar-refractivity contribution in [2.45, 2.75) is 44.2 Å². The lowest BCUT2D eigenvalue weighted by Crippen LogP contribution is -2.57. The minimum absolute atomic E-state index is 0.0192. The molecule has 0 unspecified atom stereocenters. The fourth-order valence-corrected chi connectivity index (χ4v) is 8.10. The second-order valence-electron chi connectivity index (χ2n) is 9.32. The van der Waals surface area contributed by atoms with Gasteiger partial charge in [0.25, 0.3) is 0 Å². The Morgan fingerprint density at radius 2 is 1.91 bits per heavy atom. The molecular formula is C21H31N3O6S2. The summed E-state index contributed by atoms with van der Waals surface area (Å²) in [5.41, 5.74) is 2.50. The Labute approximate surface area is 190 Å². The van der Waals surface area contributed by atoms with E-state index in [0.29, 0.717) is 12.5 Å². The molecule has 178 valence electrons. The summed E-state index contributed by atoms with van der Waals surface area (Å²) in [7, 11) is -6.78. The molecule has 0 spiro atoms. The highest BCUT2D eigenvalue weighted by Gasteiger charge is 2.46. The number of benzene rings is 1. The van der Waals surface area contributed by atoms with Crippen LogP contribution < -0.4 is 14.2 Å². The van der Waals surface area contributed by atoms with E-state index in [0.717, 1.165) is 56.5 Å². The average Bonchev–Trinajstić information content (AvgIpc) is 3.20. The van der Waals surface area contributed by atoms with Crippen LogP contribution in [-0.4, -0.2) is 77.1 Å². The number of hydrogen-bond acceptors (Lipinski definition) is 7. The zero-order chi connectivity index (χ0) is 22.5. The molecule has 4 heterocycles. The number of fused-ring (bicyclic) bond motifs is 5. The van der Waals surface area contributed by atoms with Crippen LogP contribution in [0.4, 0.5) is 0 Å². The molecule has 0 amide bonds. The van der Waals surface area contributed by atoms with Crippen LogP contribution in [0.1, 0.15) is 42.9 Å². The third kappa shape index (κ3) is 4.37. The maximum Gasteiger partial charge on any atom is 0.231 e. The Hall–Kier alpha value is -1.40. The maximum atomic E-state index is 13.2. The van der Waals surface area contributed by atoms with Gasteiger partial charge >= 0.3 is 0 Å². The van der Waals surface area contributed by atoms with Crippen molar-refractivity contribution >= 4 is 20.0 Å². The number of piperidine rings is 2. The molecule has 2 fully saturated rings. The SMILES string of the molecule is CS(=O)(=O)NCCCS(=O)(=O)N1CCC[C@@H]2CN3CCc4cc5c(cc4[C@@H]3C[C@@H]21)OCO5. The van der Waals surface area contributed by atoms with Gasteiger partial charge in [-0.25, -0.2) is 21.6 Å². The first kappa shape index (κ1) is 22.4. The van der Waals surface area contributed by atoms with Crippen molar-refractivity contribution in [2.75, 3.05) is 45.0 Å². The zero-order valence-electron chi connectivity index (χ0n) is 18.3. The van der Waals surface area contributed by atoms with Crippen LogP contribution in [-0.2, 0) is 26.5 Å². The van der Waals surface area contributed by atoms with Gasteiger partial charge in [0.1, 0.15) is 0 Å². The summed E-state index contributed by atoms with van der Waals surface area (Å²) in [5, 5.41) is 0. The molecule has 0 radical (unpaired) electrons. The molecular weight excluding hydrogens is 454 g/mol. The lowest BCUT2D eigenvalue weighted by atomic mass is 9.77. The van der Waals surface area contributed by atoms with E-state index in [-0.39, 0.29) is 37.6 Å². The van der Waals surface area contributed by atoms with Crippen molar-refractivity contribution in [1.29, 1.82) is 0 Å². The average molecular weight is 486 g/mol. The van der Waals surface area contributed by atoms with E-state index >= 15 is 0 Å². The maximum absolute atomic E-state index is 13.2. The van der Waals surface area contributed by atoms with Crippen molar-refractivity contribution in [2.24, 2.45) is 5.92 Å². The molecule has 0 aromatic heterocycles. The van der Waals surface area contributed by atoms with Gasteiger partial charge in [-0.3, -0.25) is 4.90 Å². The first-order valence-electron chi connectivity index (χ1n) is 11.3. The van der Waals surface area contributed by atoms with Crippen molar-refractivity contribution in [3.05, 3.63) is 23.3 Å². The molecule has 2 saturated heterocycles. The van der Waals surface area contributed by atoms with Gasteiger partial charge in [-0.05, 0) is 61.3 Å². The van der Waals surface area contributed by atoms with Crippen molar-refractivity contribution in [3.8, 4) is 11.5 Å². The van der Waals surface area contributed by atoms with Crippen LogP contribution in [0.2, 0.25) is 0 Å². The summed E-state index contributed by atoms with van der Waals surface area (Å²) in [6.07, 6.45) is 5.01. The minimum atomic E-state index is -3.46. The molecule has 4 aliphatic rings. The van der Waals surface area contributed by atoms with E-state index in [9.17, 15) is 16.8 Å². The molecule has 1 aromatic carbocycles. The van der Waals surface area contributed by atoms with Crippen molar-refractivity contribution in [1.82, 2.24) is 13.9 Å². The minimum Gasteiger partial charge on any atom is -0.454 e. The van der Waals surface area contributed by atoms with E-state index < -0.39 is 20.0 Å². The Morgan fingerprint density at radius 3 is 2.69 bits per heavy atom. The molecule has 1 N–H and O–H groups in total. The van der Waals surface area contributed by atoms with Crippen LogP contribution in [0.5, 0.6) is 11.5 Å². The van der Waals surface area contributed by atoms with Crippen molar-refractivity contribution in [3.63, 3.8) is 0 Å². The molecule has 1 aromatic rings. The second-order valence-corrected chi connectivity index (χ2v) is 13.2. The standard InChI is InChI=1S/C21H31N3O6S2/c1-31(25,26)22-6-3-9-32(27,28)24-7-2-4-16-13-23-8-5-15-10-20-21(30-14-29-20)11-17(15)19(23)12-18(16)24/h10-11,16,18-19,22H,2-9,12-14H2,1H3/t16-,18+,19+/m1/s1. The van der Waals surface area contributed by atoms with Gasteiger partial charge in [0.05, 0.1) is 12.0 Å². The fraction of sp³-hybridized carbons (Fsp3) is 0.714. The van der Waals surface area contributed by atoms with E-state index in [1.54, 1.807) is 4.31 Å². The highest BCUT2D eigenvalue weighted by atomic mass is 32.2. The zero-order valence-corrected chi connectivity index (χ0v) is 20.0. The number of hydrogen-bond donors (Lipinski definition) is 1. The summed E-state index contributed by atoms with van der Waals surface area (Å²) >= 11 is 0. The Kier molecular flexibility index (Phi) is 5.90. The van der Waals surface area contributed by atoms with Gasteiger partial charge in [-0.2, -0.15) is 4.31 Å². The lowest BCUT2D eigenvalue weighted by Gasteiger charge is -2.51. The van der Waals surface area contributed by atoms with E-state index in [1.165, 1.54) is 11.1 Å². The summed E-state index contributed by atoms with van der Waals surface area (Å²) in [6, 6.07) is 4.34. The molecule has 3 atom stereocenters. The fourth-order valence-electron chi connectivity index (χ4n) is 5.77. The van der Waals surface area contributed by atoms with Crippen LogP contribution in [0.25, 0.3) is 0 Å². The molecule has 0 bridgehead atoms. The summed E-state index contributed by atoms with van der Waals surface area (Å²) in [5.74, 6) is 1.87. The summed E-state index contributed by atoms with van der Waals surface area (Å²) in [6.45, 7) is 2.81. The molecule has 4 aliphatic heterocycles. The Morgan fingerprint density at radius 1 is 1.12 bits per heavy atom.